The molecular weight excluding hydrogens is 556 g/mol. The lowest BCUT2D eigenvalue weighted by atomic mass is 10.1. The minimum Gasteiger partial charge on any atom is -0.467 e. The first-order valence-corrected chi connectivity index (χ1v) is 13.3. The number of benzene rings is 2. The maximum absolute atomic E-state index is 12.5. The highest BCUT2D eigenvalue weighted by Crippen LogP contribution is 2.19. The summed E-state index contributed by atoms with van der Waals surface area (Å²) in [7, 11) is 1.19. The van der Waals surface area contributed by atoms with Gasteiger partial charge in [0.15, 0.2) is 6.04 Å². The molecular formula is C31H38N4O8. The Morgan fingerprint density at radius 3 is 1.72 bits per heavy atom. The standard InChI is InChI=1S/C31H38N4O8/c1-30(2,3)42-33(20-36)18-27(29(40)41-7)35(22-38)26-16-12-24(13-17-26)9-8-23-10-14-25(15-11-23)32-28(39)19-34(21-37)43-31(4,5)6/h10-17,20-22,27H,18-19H2,1-7H3,(H,32,39)/t27-/m0/s1. The lowest BCUT2D eigenvalue weighted by Gasteiger charge is -2.32. The number of hydrogen-bond acceptors (Lipinski definition) is 8. The first-order valence-electron chi connectivity index (χ1n) is 13.3. The van der Waals surface area contributed by atoms with Crippen LogP contribution in [0, 0.1) is 11.8 Å². The molecule has 0 saturated heterocycles. The summed E-state index contributed by atoms with van der Waals surface area (Å²) in [4.78, 5) is 71.7. The van der Waals surface area contributed by atoms with E-state index in [0.717, 1.165) is 15.0 Å². The molecule has 2 rings (SSSR count). The van der Waals surface area contributed by atoms with Crippen molar-refractivity contribution >= 4 is 42.5 Å². The van der Waals surface area contributed by atoms with E-state index in [1.54, 1.807) is 90.1 Å². The highest BCUT2D eigenvalue weighted by atomic mass is 16.7. The maximum atomic E-state index is 12.5. The van der Waals surface area contributed by atoms with Gasteiger partial charge < -0.3 is 10.1 Å². The number of esters is 1. The second kappa shape index (κ2) is 15.5. The smallest absolute Gasteiger partial charge is 0.330 e. The molecule has 0 heterocycles. The summed E-state index contributed by atoms with van der Waals surface area (Å²) in [5, 5.41) is 4.59. The Balaban J connectivity index is 2.10. The van der Waals surface area contributed by atoms with E-state index >= 15 is 0 Å². The van der Waals surface area contributed by atoms with Crippen LogP contribution in [0.15, 0.2) is 48.5 Å². The van der Waals surface area contributed by atoms with Crippen molar-refractivity contribution in [3.63, 3.8) is 0 Å². The number of nitrogens with one attached hydrogen (secondary N) is 1. The van der Waals surface area contributed by atoms with E-state index in [9.17, 15) is 24.0 Å². The SMILES string of the molecule is COC(=O)[C@H](CN(C=O)OC(C)(C)C)N(C=O)c1ccc(C#Cc2ccc(NC(=O)CN(C=O)OC(C)(C)C)cc2)cc1. The van der Waals surface area contributed by atoms with Crippen LogP contribution >= 0.6 is 0 Å². The quantitative estimate of drug-likeness (QED) is 0.162. The van der Waals surface area contributed by atoms with E-state index in [4.69, 9.17) is 14.4 Å². The number of ether oxygens (including phenoxy) is 1. The van der Waals surface area contributed by atoms with Crippen molar-refractivity contribution < 1.29 is 38.4 Å². The first kappa shape index (κ1) is 34.5. The van der Waals surface area contributed by atoms with Gasteiger partial charge in [0.05, 0.1) is 24.9 Å². The van der Waals surface area contributed by atoms with Crippen LogP contribution in [0.3, 0.4) is 0 Å². The summed E-state index contributed by atoms with van der Waals surface area (Å²) in [5.41, 5.74) is 0.903. The summed E-state index contributed by atoms with van der Waals surface area (Å²) in [6, 6.07) is 12.3. The minimum absolute atomic E-state index is 0.246. The van der Waals surface area contributed by atoms with Gasteiger partial charge in [-0.3, -0.25) is 33.8 Å². The van der Waals surface area contributed by atoms with Gasteiger partial charge in [-0.05, 0) is 90.1 Å². The van der Waals surface area contributed by atoms with Crippen LogP contribution < -0.4 is 10.2 Å². The van der Waals surface area contributed by atoms with E-state index in [2.05, 4.69) is 17.2 Å². The number of carbonyl (C=O) groups is 5. The van der Waals surface area contributed by atoms with Crippen molar-refractivity contribution in [2.75, 3.05) is 30.4 Å². The number of hydroxylamine groups is 4. The van der Waals surface area contributed by atoms with Crippen LogP contribution in [0.5, 0.6) is 0 Å². The zero-order chi connectivity index (χ0) is 32.2. The number of hydrogen-bond donors (Lipinski definition) is 1. The Hall–Kier alpha value is -4.73. The zero-order valence-electron chi connectivity index (χ0n) is 25.5. The van der Waals surface area contributed by atoms with Gasteiger partial charge >= 0.3 is 5.97 Å². The number of anilines is 2. The molecule has 0 aliphatic heterocycles. The summed E-state index contributed by atoms with van der Waals surface area (Å²) in [5.74, 6) is 4.89. The predicted octanol–water partition coefficient (Wildman–Crippen LogP) is 2.91. The van der Waals surface area contributed by atoms with Gasteiger partial charge in [0.25, 0.3) is 0 Å². The molecule has 0 spiro atoms. The van der Waals surface area contributed by atoms with Crippen LogP contribution in [-0.2, 0) is 38.4 Å². The zero-order valence-corrected chi connectivity index (χ0v) is 25.5. The van der Waals surface area contributed by atoms with Gasteiger partial charge in [0.1, 0.15) is 6.54 Å². The molecule has 1 atom stereocenters. The Bertz CT molecular complexity index is 1320. The molecule has 0 unspecified atom stereocenters. The second-order valence-corrected chi connectivity index (χ2v) is 11.3. The molecule has 230 valence electrons. The van der Waals surface area contributed by atoms with Crippen LogP contribution in [0.25, 0.3) is 0 Å². The lowest BCUT2D eigenvalue weighted by molar-refractivity contribution is -0.218. The molecule has 0 fully saturated rings. The van der Waals surface area contributed by atoms with E-state index in [1.807, 2.05) is 0 Å². The Morgan fingerprint density at radius 2 is 1.28 bits per heavy atom. The van der Waals surface area contributed by atoms with Gasteiger partial charge in [-0.15, -0.1) is 0 Å². The molecule has 43 heavy (non-hydrogen) atoms. The fourth-order valence-electron chi connectivity index (χ4n) is 3.63. The Kier molecular flexibility index (Phi) is 12.4. The number of rotatable bonds is 13. The molecule has 0 aromatic heterocycles. The van der Waals surface area contributed by atoms with Gasteiger partial charge in [0.2, 0.25) is 25.1 Å². The predicted molar refractivity (Wildman–Crippen MR) is 159 cm³/mol. The van der Waals surface area contributed by atoms with E-state index < -0.39 is 29.1 Å². The number of amides is 4. The minimum atomic E-state index is -1.15. The monoisotopic (exact) mass is 594 g/mol. The van der Waals surface area contributed by atoms with Gasteiger partial charge in [0, 0.05) is 22.5 Å². The molecule has 2 aromatic carbocycles. The third kappa shape index (κ3) is 12.0. The van der Waals surface area contributed by atoms with Crippen molar-refractivity contribution in [3.8, 4) is 11.8 Å². The molecule has 2 aromatic rings. The molecule has 0 bridgehead atoms. The Morgan fingerprint density at radius 1 is 0.791 bits per heavy atom. The van der Waals surface area contributed by atoms with Crippen LogP contribution in [0.2, 0.25) is 0 Å². The van der Waals surface area contributed by atoms with E-state index in [-0.39, 0.29) is 13.1 Å². The van der Waals surface area contributed by atoms with Crippen molar-refractivity contribution in [3.05, 3.63) is 59.7 Å². The third-order valence-corrected chi connectivity index (χ3v) is 5.28. The summed E-state index contributed by atoms with van der Waals surface area (Å²) >= 11 is 0. The topological polar surface area (TPSA) is 135 Å². The van der Waals surface area contributed by atoms with Gasteiger partial charge in [-0.25, -0.2) is 14.9 Å². The van der Waals surface area contributed by atoms with Crippen LogP contribution in [0.4, 0.5) is 11.4 Å². The fraction of sp³-hybridized carbons (Fsp3) is 0.387. The largest absolute Gasteiger partial charge is 0.467 e. The van der Waals surface area contributed by atoms with E-state index in [1.165, 1.54) is 7.11 Å². The van der Waals surface area contributed by atoms with Gasteiger partial charge in [-0.2, -0.15) is 0 Å². The van der Waals surface area contributed by atoms with E-state index in [0.29, 0.717) is 41.7 Å². The summed E-state index contributed by atoms with van der Waals surface area (Å²) in [6.45, 7) is 10.0. The average Bonchev–Trinajstić information content (AvgIpc) is 2.94. The normalized spacial score (nSPS) is 11.7. The summed E-state index contributed by atoms with van der Waals surface area (Å²) < 4.78 is 4.87. The van der Waals surface area contributed by atoms with Crippen LogP contribution in [-0.4, -0.2) is 78.7 Å². The molecule has 12 nitrogen and oxygen atoms in total. The number of nitrogens with zero attached hydrogens (tertiary/aromatic N) is 3. The van der Waals surface area contributed by atoms with Crippen LogP contribution in [0.1, 0.15) is 52.7 Å². The van der Waals surface area contributed by atoms with Crippen molar-refractivity contribution in [1.29, 1.82) is 0 Å². The second-order valence-electron chi connectivity index (χ2n) is 11.3. The number of carbonyl (C=O) groups excluding carboxylic acids is 5. The molecule has 0 saturated carbocycles. The molecule has 0 aliphatic rings. The van der Waals surface area contributed by atoms with Crippen molar-refractivity contribution in [2.45, 2.75) is 58.8 Å². The maximum Gasteiger partial charge on any atom is 0.330 e. The third-order valence-electron chi connectivity index (χ3n) is 5.28. The molecule has 0 aliphatic carbocycles. The molecule has 4 amide bonds. The lowest BCUT2D eigenvalue weighted by Crippen LogP contribution is -2.50. The number of methoxy groups -OCH3 is 1. The van der Waals surface area contributed by atoms with Crippen molar-refractivity contribution in [1.82, 2.24) is 10.1 Å². The Labute approximate surface area is 251 Å². The first-order chi connectivity index (χ1) is 20.2. The molecule has 0 radical (unpaired) electrons. The summed E-state index contributed by atoms with van der Waals surface area (Å²) in [6.07, 6.45) is 1.37. The molecule has 12 heteroatoms. The highest BCUT2D eigenvalue weighted by molar-refractivity contribution is 5.93. The fourth-order valence-corrected chi connectivity index (χ4v) is 3.63. The molecule has 1 N–H and O–H groups in total. The van der Waals surface area contributed by atoms with Gasteiger partial charge in [-0.1, -0.05) is 11.8 Å². The highest BCUT2D eigenvalue weighted by Gasteiger charge is 2.31. The average molecular weight is 595 g/mol. The van der Waals surface area contributed by atoms with Crippen molar-refractivity contribution in [2.24, 2.45) is 0 Å².